The molecule has 0 aliphatic carbocycles. The van der Waals surface area contributed by atoms with Gasteiger partial charge in [0.25, 0.3) is 0 Å². The number of carbonyl (C=O) groups excluding carboxylic acids is 2. The highest BCUT2D eigenvalue weighted by molar-refractivity contribution is 6.21. The Morgan fingerprint density at radius 3 is 2.11 bits per heavy atom. The molecule has 0 spiro atoms. The van der Waals surface area contributed by atoms with E-state index in [9.17, 15) is 14.0 Å². The first-order valence-corrected chi connectivity index (χ1v) is 8.79. The summed E-state index contributed by atoms with van der Waals surface area (Å²) in [4.78, 5) is 28.7. The van der Waals surface area contributed by atoms with Crippen LogP contribution < -0.4 is 0 Å². The minimum absolute atomic E-state index is 0.230. The normalized spacial score (nSPS) is 14.1. The molecule has 0 bridgehead atoms. The fourth-order valence-electron chi connectivity index (χ4n) is 2.22. The van der Waals surface area contributed by atoms with E-state index in [4.69, 9.17) is 21.1 Å². The Labute approximate surface area is 166 Å². The average molecular weight is 408 g/mol. The van der Waals surface area contributed by atoms with Crippen molar-refractivity contribution < 1.29 is 28.3 Å². The lowest BCUT2D eigenvalue weighted by Crippen LogP contribution is -2.40. The van der Waals surface area contributed by atoms with Crippen molar-refractivity contribution in [3.05, 3.63) is 71.8 Å². The summed E-state index contributed by atoms with van der Waals surface area (Å²) in [6, 6.07) is 16.3. The van der Waals surface area contributed by atoms with Gasteiger partial charge >= 0.3 is 11.9 Å². The number of hydrogen-bond acceptors (Lipinski definition) is 6. The maximum absolute atomic E-state index is 14.5. The molecule has 0 N–H and O–H groups in total. The lowest BCUT2D eigenvalue weighted by atomic mass is 10.1. The number of carbonyl (C=O) groups is 2. The molecule has 28 heavy (non-hydrogen) atoms. The van der Waals surface area contributed by atoms with Gasteiger partial charge in [-0.3, -0.25) is 0 Å². The second kappa shape index (κ2) is 11.0. The molecule has 8 heteroatoms. The van der Waals surface area contributed by atoms with E-state index in [1.54, 1.807) is 48.5 Å². The number of rotatable bonds is 9. The number of nitrogens with zero attached hydrogens (tertiary/aromatic N) is 1. The van der Waals surface area contributed by atoms with Gasteiger partial charge in [0.15, 0.2) is 12.3 Å². The van der Waals surface area contributed by atoms with Gasteiger partial charge in [-0.2, -0.15) is 0 Å². The third kappa shape index (κ3) is 6.35. The van der Waals surface area contributed by atoms with Crippen LogP contribution in [0.25, 0.3) is 0 Å². The number of alkyl halides is 2. The van der Waals surface area contributed by atoms with Gasteiger partial charge in [-0.25, -0.2) is 14.0 Å². The molecular formula is C20H19ClFNO5. The van der Waals surface area contributed by atoms with Gasteiger partial charge in [-0.1, -0.05) is 41.6 Å². The smallest absolute Gasteiger partial charge is 0.338 e. The molecule has 0 amide bonds. The van der Waals surface area contributed by atoms with Crippen LogP contribution in [-0.4, -0.2) is 49.5 Å². The Hall–Kier alpha value is -2.93. The zero-order valence-corrected chi connectivity index (χ0v) is 15.8. The van der Waals surface area contributed by atoms with E-state index in [0.717, 1.165) is 6.21 Å². The summed E-state index contributed by atoms with van der Waals surface area (Å²) in [6.07, 6.45) is -2.50. The molecule has 0 aliphatic heterocycles. The van der Waals surface area contributed by atoms with Crippen molar-refractivity contribution >= 4 is 29.8 Å². The summed E-state index contributed by atoms with van der Waals surface area (Å²) < 4.78 is 24.8. The standard InChI is InChI=1S/C20H19ClFNO5/c1-26-23-12-17(22)18(28-20(25)15-10-6-3-7-11-15)16(21)13-27-19(24)14-8-4-2-5-9-14/h2-12,16-18H,13H2,1H3/t16-,17+,18+/m0/s1. The fraction of sp³-hybridized carbons (Fsp3) is 0.250. The molecule has 148 valence electrons. The van der Waals surface area contributed by atoms with Crippen LogP contribution in [0.15, 0.2) is 65.8 Å². The van der Waals surface area contributed by atoms with Gasteiger partial charge in [-0.15, -0.1) is 11.6 Å². The Kier molecular flexibility index (Phi) is 8.42. The van der Waals surface area contributed by atoms with E-state index in [-0.39, 0.29) is 12.2 Å². The monoisotopic (exact) mass is 407 g/mol. The Bertz CT molecular complexity index is 788. The van der Waals surface area contributed by atoms with Crippen LogP contribution in [0.3, 0.4) is 0 Å². The molecule has 0 saturated heterocycles. The molecule has 0 aliphatic rings. The maximum atomic E-state index is 14.5. The molecule has 0 fully saturated rings. The number of benzene rings is 2. The largest absolute Gasteiger partial charge is 0.460 e. The first kappa shape index (κ1) is 21.4. The lowest BCUT2D eigenvalue weighted by molar-refractivity contribution is 0.00677. The molecule has 0 radical (unpaired) electrons. The van der Waals surface area contributed by atoms with Crippen LogP contribution in [-0.2, 0) is 14.3 Å². The van der Waals surface area contributed by atoms with Crippen LogP contribution in [0.1, 0.15) is 20.7 Å². The maximum Gasteiger partial charge on any atom is 0.338 e. The molecule has 0 aromatic heterocycles. The van der Waals surface area contributed by atoms with Crippen LogP contribution in [0.4, 0.5) is 4.39 Å². The van der Waals surface area contributed by atoms with Crippen molar-refractivity contribution in [1.29, 1.82) is 0 Å². The molecule has 2 aromatic rings. The minimum Gasteiger partial charge on any atom is -0.460 e. The highest BCUT2D eigenvalue weighted by Crippen LogP contribution is 2.17. The van der Waals surface area contributed by atoms with Gasteiger partial charge in [0, 0.05) is 0 Å². The van der Waals surface area contributed by atoms with Crippen LogP contribution in [0.2, 0.25) is 0 Å². The van der Waals surface area contributed by atoms with Gasteiger partial charge in [0.05, 0.1) is 17.3 Å². The van der Waals surface area contributed by atoms with E-state index in [1.807, 2.05) is 0 Å². The zero-order valence-electron chi connectivity index (χ0n) is 15.0. The zero-order chi connectivity index (χ0) is 20.4. The van der Waals surface area contributed by atoms with E-state index in [2.05, 4.69) is 9.99 Å². The van der Waals surface area contributed by atoms with Crippen LogP contribution >= 0.6 is 11.6 Å². The van der Waals surface area contributed by atoms with Gasteiger partial charge in [0.2, 0.25) is 0 Å². The van der Waals surface area contributed by atoms with Gasteiger partial charge in [-0.05, 0) is 24.3 Å². The topological polar surface area (TPSA) is 74.2 Å². The first-order valence-electron chi connectivity index (χ1n) is 8.36. The summed E-state index contributed by atoms with van der Waals surface area (Å²) in [7, 11) is 1.24. The lowest BCUT2D eigenvalue weighted by Gasteiger charge is -2.23. The van der Waals surface area contributed by atoms with E-state index < -0.39 is 29.6 Å². The SMILES string of the molecule is CON=C[C@@H](F)[C@H](OC(=O)c1ccccc1)[C@@H](Cl)COC(=O)c1ccccc1. The van der Waals surface area contributed by atoms with Crippen molar-refractivity contribution in [2.75, 3.05) is 13.7 Å². The second-order valence-electron chi connectivity index (χ2n) is 5.60. The van der Waals surface area contributed by atoms with Gasteiger partial charge in [0.1, 0.15) is 19.1 Å². The van der Waals surface area contributed by atoms with Crippen LogP contribution in [0, 0.1) is 0 Å². The highest BCUT2D eigenvalue weighted by Gasteiger charge is 2.33. The van der Waals surface area contributed by atoms with Crippen molar-refractivity contribution in [2.24, 2.45) is 5.16 Å². The van der Waals surface area contributed by atoms with E-state index >= 15 is 0 Å². The summed E-state index contributed by atoms with van der Waals surface area (Å²) in [5.41, 5.74) is 0.551. The molecule has 2 rings (SSSR count). The summed E-state index contributed by atoms with van der Waals surface area (Å²) >= 11 is 6.19. The number of ether oxygens (including phenoxy) is 2. The third-order valence-electron chi connectivity index (χ3n) is 3.61. The number of halogens is 2. The van der Waals surface area contributed by atoms with Crippen molar-refractivity contribution in [2.45, 2.75) is 17.7 Å². The van der Waals surface area contributed by atoms with Gasteiger partial charge < -0.3 is 14.3 Å². The Balaban J connectivity index is 2.05. The van der Waals surface area contributed by atoms with Crippen LogP contribution in [0.5, 0.6) is 0 Å². The van der Waals surface area contributed by atoms with Crippen molar-refractivity contribution in [3.63, 3.8) is 0 Å². The highest BCUT2D eigenvalue weighted by atomic mass is 35.5. The third-order valence-corrected chi connectivity index (χ3v) is 3.99. The molecular weight excluding hydrogens is 389 g/mol. The Morgan fingerprint density at radius 1 is 1.04 bits per heavy atom. The summed E-state index contributed by atoms with van der Waals surface area (Å²) in [6.45, 7) is -0.372. The Morgan fingerprint density at radius 2 is 1.57 bits per heavy atom. The van der Waals surface area contributed by atoms with E-state index in [0.29, 0.717) is 5.56 Å². The van der Waals surface area contributed by atoms with Crippen molar-refractivity contribution in [3.8, 4) is 0 Å². The predicted octanol–water partition coefficient (Wildman–Crippen LogP) is 3.65. The molecule has 2 aromatic carbocycles. The number of esters is 2. The van der Waals surface area contributed by atoms with Crippen molar-refractivity contribution in [1.82, 2.24) is 0 Å². The molecule has 3 atom stereocenters. The number of hydrogen-bond donors (Lipinski definition) is 0. The summed E-state index contributed by atoms with van der Waals surface area (Å²) in [5.74, 6) is -1.39. The predicted molar refractivity (Wildman–Crippen MR) is 102 cm³/mol. The molecule has 0 saturated carbocycles. The molecule has 0 unspecified atom stereocenters. The quantitative estimate of drug-likeness (QED) is 0.274. The minimum atomic E-state index is -1.87. The number of oxime groups is 1. The summed E-state index contributed by atoms with van der Waals surface area (Å²) in [5, 5.41) is 2.19. The second-order valence-corrected chi connectivity index (χ2v) is 6.16. The molecule has 6 nitrogen and oxygen atoms in total. The van der Waals surface area contributed by atoms with E-state index in [1.165, 1.54) is 19.2 Å². The first-order chi connectivity index (χ1) is 13.5. The fourth-order valence-corrected chi connectivity index (χ4v) is 2.47. The molecule has 0 heterocycles. The average Bonchev–Trinajstić information content (AvgIpc) is 2.74.